The van der Waals surface area contributed by atoms with Gasteiger partial charge in [0, 0.05) is 18.3 Å². The van der Waals surface area contributed by atoms with Crippen molar-refractivity contribution in [2.75, 3.05) is 26.8 Å². The predicted molar refractivity (Wildman–Crippen MR) is 128 cm³/mol. The monoisotopic (exact) mass is 437 g/mol. The smallest absolute Gasteiger partial charge is 0.161 e. The molecule has 1 aliphatic carbocycles. The van der Waals surface area contributed by atoms with Crippen molar-refractivity contribution in [1.29, 1.82) is 0 Å². The van der Waals surface area contributed by atoms with Crippen LogP contribution in [0.15, 0.2) is 30.5 Å². The highest BCUT2D eigenvalue weighted by atomic mass is 16.5. The summed E-state index contributed by atoms with van der Waals surface area (Å²) in [6.07, 6.45) is 15.4. The first-order valence-electron chi connectivity index (χ1n) is 12.6. The summed E-state index contributed by atoms with van der Waals surface area (Å²) < 4.78 is 11.7. The highest BCUT2D eigenvalue weighted by molar-refractivity contribution is 5.43. The fraction of sp³-hybridized carbons (Fsp3) is 0.630. The highest BCUT2D eigenvalue weighted by Crippen LogP contribution is 2.31. The molecule has 0 amide bonds. The summed E-state index contributed by atoms with van der Waals surface area (Å²) in [4.78, 5) is 9.37. The number of nitrogens with zero attached hydrogens (tertiary/aromatic N) is 2. The molecule has 32 heavy (non-hydrogen) atoms. The van der Waals surface area contributed by atoms with Gasteiger partial charge in [0.05, 0.1) is 13.7 Å². The molecule has 4 rings (SSSR count). The van der Waals surface area contributed by atoms with Gasteiger partial charge in [-0.15, -0.1) is 0 Å². The Labute approximate surface area is 193 Å². The largest absolute Gasteiger partial charge is 0.493 e. The number of aromatic nitrogens is 2. The van der Waals surface area contributed by atoms with Gasteiger partial charge < -0.3 is 14.8 Å². The van der Waals surface area contributed by atoms with Crippen LogP contribution in [0.2, 0.25) is 0 Å². The lowest BCUT2D eigenvalue weighted by molar-refractivity contribution is 0.276. The summed E-state index contributed by atoms with van der Waals surface area (Å²) in [6, 6.07) is 8.26. The van der Waals surface area contributed by atoms with E-state index in [1.807, 2.05) is 12.3 Å². The molecule has 1 aliphatic heterocycles. The van der Waals surface area contributed by atoms with E-state index in [1.165, 1.54) is 51.4 Å². The van der Waals surface area contributed by atoms with Crippen LogP contribution in [0.1, 0.15) is 74.9 Å². The lowest BCUT2D eigenvalue weighted by Gasteiger charge is -2.22. The first kappa shape index (κ1) is 23.0. The number of rotatable bonds is 11. The van der Waals surface area contributed by atoms with Crippen molar-refractivity contribution in [2.24, 2.45) is 11.8 Å². The lowest BCUT2D eigenvalue weighted by Crippen LogP contribution is -2.27. The third-order valence-corrected chi connectivity index (χ3v) is 7.11. The zero-order chi connectivity index (χ0) is 22.0. The SMILES string of the molecule is COc1ccc(Cc2nccc(CCC3CCNCC3)n2)cc1OCCCC1CCCC1. The van der Waals surface area contributed by atoms with E-state index < -0.39 is 0 Å². The van der Waals surface area contributed by atoms with Crippen molar-refractivity contribution in [3.8, 4) is 11.5 Å². The van der Waals surface area contributed by atoms with Crippen molar-refractivity contribution in [3.05, 3.63) is 47.5 Å². The second kappa shape index (κ2) is 12.2. The van der Waals surface area contributed by atoms with Gasteiger partial charge in [0.15, 0.2) is 11.5 Å². The predicted octanol–water partition coefficient (Wildman–Crippen LogP) is 5.36. The Morgan fingerprint density at radius 1 is 0.969 bits per heavy atom. The van der Waals surface area contributed by atoms with Crippen LogP contribution in [0.5, 0.6) is 11.5 Å². The van der Waals surface area contributed by atoms with E-state index in [9.17, 15) is 0 Å². The molecule has 0 spiro atoms. The van der Waals surface area contributed by atoms with Gasteiger partial charge in [-0.05, 0) is 87.2 Å². The molecule has 0 unspecified atom stereocenters. The Morgan fingerprint density at radius 2 is 1.78 bits per heavy atom. The normalized spacial score (nSPS) is 17.5. The number of nitrogens with one attached hydrogen (secondary N) is 1. The molecule has 2 aliphatic rings. The summed E-state index contributed by atoms with van der Waals surface area (Å²) in [5, 5.41) is 3.45. The molecule has 174 valence electrons. The van der Waals surface area contributed by atoms with E-state index >= 15 is 0 Å². The third kappa shape index (κ3) is 6.93. The molecule has 5 nitrogen and oxygen atoms in total. The van der Waals surface area contributed by atoms with Crippen LogP contribution in [0, 0.1) is 11.8 Å². The summed E-state index contributed by atoms with van der Waals surface area (Å²) in [7, 11) is 1.70. The zero-order valence-electron chi connectivity index (χ0n) is 19.7. The molecule has 2 fully saturated rings. The van der Waals surface area contributed by atoms with Gasteiger partial charge in [-0.3, -0.25) is 0 Å². The highest BCUT2D eigenvalue weighted by Gasteiger charge is 2.15. The number of benzene rings is 1. The molecule has 1 aromatic heterocycles. The van der Waals surface area contributed by atoms with Gasteiger partial charge in [-0.25, -0.2) is 9.97 Å². The Morgan fingerprint density at radius 3 is 2.59 bits per heavy atom. The van der Waals surface area contributed by atoms with Gasteiger partial charge >= 0.3 is 0 Å². The molecule has 1 aromatic carbocycles. The van der Waals surface area contributed by atoms with E-state index in [2.05, 4.69) is 28.5 Å². The van der Waals surface area contributed by atoms with Crippen molar-refractivity contribution < 1.29 is 9.47 Å². The molecule has 2 aromatic rings. The fourth-order valence-electron chi connectivity index (χ4n) is 5.17. The molecular formula is C27H39N3O2. The van der Waals surface area contributed by atoms with Crippen molar-refractivity contribution in [1.82, 2.24) is 15.3 Å². The summed E-state index contributed by atoms with van der Waals surface area (Å²) in [6.45, 7) is 3.06. The van der Waals surface area contributed by atoms with E-state index in [0.717, 1.165) is 73.0 Å². The number of hydrogen-bond acceptors (Lipinski definition) is 5. The van der Waals surface area contributed by atoms with E-state index in [0.29, 0.717) is 6.42 Å². The molecule has 1 saturated heterocycles. The van der Waals surface area contributed by atoms with E-state index in [1.54, 1.807) is 7.11 Å². The molecule has 1 saturated carbocycles. The standard InChI is InChI=1S/C27H39N3O2/c1-31-25-11-9-23(19-26(25)32-18-4-7-21-5-2-3-6-21)20-27-29-17-14-24(30-27)10-8-22-12-15-28-16-13-22/h9,11,14,17,19,21-22,28H,2-8,10,12-13,15-16,18,20H2,1H3. The lowest BCUT2D eigenvalue weighted by atomic mass is 9.92. The maximum absolute atomic E-state index is 6.12. The van der Waals surface area contributed by atoms with Gasteiger partial charge in [0.2, 0.25) is 0 Å². The number of piperidine rings is 1. The summed E-state index contributed by atoms with van der Waals surface area (Å²) in [5.41, 5.74) is 2.32. The van der Waals surface area contributed by atoms with E-state index in [4.69, 9.17) is 14.5 Å². The maximum atomic E-state index is 6.12. The van der Waals surface area contributed by atoms with Crippen molar-refractivity contribution in [3.63, 3.8) is 0 Å². The number of ether oxygens (including phenoxy) is 2. The first-order valence-corrected chi connectivity index (χ1v) is 12.6. The van der Waals surface area contributed by atoms with Crippen molar-refractivity contribution >= 4 is 0 Å². The second-order valence-corrected chi connectivity index (χ2v) is 9.50. The zero-order valence-corrected chi connectivity index (χ0v) is 19.7. The molecular weight excluding hydrogens is 398 g/mol. The van der Waals surface area contributed by atoms with Crippen molar-refractivity contribution in [2.45, 2.75) is 70.6 Å². The number of methoxy groups -OCH3 is 1. The van der Waals surface area contributed by atoms with Crippen LogP contribution in [0.25, 0.3) is 0 Å². The fourth-order valence-corrected chi connectivity index (χ4v) is 5.17. The Hall–Kier alpha value is -2.14. The minimum Gasteiger partial charge on any atom is -0.493 e. The Kier molecular flexibility index (Phi) is 8.78. The van der Waals surface area contributed by atoms with E-state index in [-0.39, 0.29) is 0 Å². The minimum absolute atomic E-state index is 0.712. The van der Waals surface area contributed by atoms with Gasteiger partial charge in [0.25, 0.3) is 0 Å². The summed E-state index contributed by atoms with van der Waals surface area (Å²) in [5.74, 6) is 4.24. The average Bonchev–Trinajstić information content (AvgIpc) is 3.35. The van der Waals surface area contributed by atoms with Crippen LogP contribution in [-0.2, 0) is 12.8 Å². The van der Waals surface area contributed by atoms with Crippen LogP contribution >= 0.6 is 0 Å². The topological polar surface area (TPSA) is 56.3 Å². The number of hydrogen-bond donors (Lipinski definition) is 1. The van der Waals surface area contributed by atoms with Crippen LogP contribution in [-0.4, -0.2) is 36.8 Å². The number of aryl methyl sites for hydroxylation is 1. The van der Waals surface area contributed by atoms with Gasteiger partial charge in [-0.2, -0.15) is 0 Å². The molecule has 2 heterocycles. The molecule has 0 bridgehead atoms. The molecule has 5 heteroatoms. The minimum atomic E-state index is 0.712. The quantitative estimate of drug-likeness (QED) is 0.480. The summed E-state index contributed by atoms with van der Waals surface area (Å²) >= 11 is 0. The first-order chi connectivity index (χ1) is 15.8. The second-order valence-electron chi connectivity index (χ2n) is 9.50. The molecule has 0 atom stereocenters. The maximum Gasteiger partial charge on any atom is 0.161 e. The van der Waals surface area contributed by atoms with Gasteiger partial charge in [0.1, 0.15) is 5.82 Å². The average molecular weight is 438 g/mol. The third-order valence-electron chi connectivity index (χ3n) is 7.11. The molecule has 1 N–H and O–H groups in total. The van der Waals surface area contributed by atoms with Crippen LogP contribution in [0.4, 0.5) is 0 Å². The Bertz CT molecular complexity index is 829. The van der Waals surface area contributed by atoms with Crippen LogP contribution in [0.3, 0.4) is 0 Å². The van der Waals surface area contributed by atoms with Gasteiger partial charge in [-0.1, -0.05) is 31.7 Å². The molecule has 0 radical (unpaired) electrons. The Balaban J connectivity index is 1.31. The van der Waals surface area contributed by atoms with Crippen LogP contribution < -0.4 is 14.8 Å².